The maximum Gasteiger partial charge on any atom is 0.416 e. The summed E-state index contributed by atoms with van der Waals surface area (Å²) in [5, 5.41) is 8.68. The molecule has 0 amide bonds. The van der Waals surface area contributed by atoms with E-state index in [1.165, 1.54) is 6.92 Å². The molecule has 0 aliphatic heterocycles. The van der Waals surface area contributed by atoms with Crippen LogP contribution in [0.5, 0.6) is 5.75 Å². The van der Waals surface area contributed by atoms with Gasteiger partial charge in [-0.2, -0.15) is 26.3 Å². The highest BCUT2D eigenvalue weighted by Crippen LogP contribution is 2.38. The number of benzene rings is 1. The Morgan fingerprint density at radius 2 is 1.42 bits per heavy atom. The topological polar surface area (TPSA) is 29.5 Å². The van der Waals surface area contributed by atoms with Crippen molar-refractivity contribution in [2.24, 2.45) is 0 Å². The first kappa shape index (κ1) is 15.6. The van der Waals surface area contributed by atoms with Gasteiger partial charge >= 0.3 is 12.4 Å². The second-order valence-corrected chi connectivity index (χ2v) is 3.85. The van der Waals surface area contributed by atoms with Crippen molar-refractivity contribution in [2.75, 3.05) is 6.61 Å². The number of halogens is 6. The van der Waals surface area contributed by atoms with Crippen molar-refractivity contribution in [1.82, 2.24) is 0 Å². The third kappa shape index (κ3) is 4.30. The summed E-state index contributed by atoms with van der Waals surface area (Å²) in [7, 11) is 0. The highest BCUT2D eigenvalue weighted by atomic mass is 19.4. The highest BCUT2D eigenvalue weighted by molar-refractivity contribution is 5.37. The van der Waals surface area contributed by atoms with Gasteiger partial charge in [0.25, 0.3) is 0 Å². The number of rotatable bonds is 3. The molecule has 8 heteroatoms. The molecule has 0 saturated carbocycles. The first-order valence-corrected chi connectivity index (χ1v) is 5.11. The lowest BCUT2D eigenvalue weighted by molar-refractivity contribution is -0.143. The average molecular weight is 288 g/mol. The number of aliphatic hydroxyl groups is 1. The predicted molar refractivity (Wildman–Crippen MR) is 53.6 cm³/mol. The molecule has 2 nitrogen and oxygen atoms in total. The SMILES string of the molecule is CC(CO)Oc1cc(C(F)(F)F)cc(C(F)(F)F)c1. The van der Waals surface area contributed by atoms with Crippen LogP contribution in [0.3, 0.4) is 0 Å². The normalized spacial score (nSPS) is 14.3. The Morgan fingerprint density at radius 1 is 1.00 bits per heavy atom. The van der Waals surface area contributed by atoms with Crippen molar-refractivity contribution in [2.45, 2.75) is 25.4 Å². The molecule has 0 heterocycles. The molecule has 0 saturated heterocycles. The molecule has 1 N–H and O–H groups in total. The summed E-state index contributed by atoms with van der Waals surface area (Å²) in [6.07, 6.45) is -10.7. The maximum atomic E-state index is 12.5. The summed E-state index contributed by atoms with van der Waals surface area (Å²) in [4.78, 5) is 0. The van der Waals surface area contributed by atoms with E-state index in [1.807, 2.05) is 0 Å². The molecule has 1 atom stereocenters. The molecule has 1 rings (SSSR count). The summed E-state index contributed by atoms with van der Waals surface area (Å²) in [6.45, 7) is 0.783. The van der Waals surface area contributed by atoms with Crippen LogP contribution in [-0.2, 0) is 12.4 Å². The molecular formula is C11H10F6O2. The van der Waals surface area contributed by atoms with Crippen LogP contribution >= 0.6 is 0 Å². The molecule has 0 aliphatic rings. The Labute approximate surface area is 104 Å². The van der Waals surface area contributed by atoms with Gasteiger partial charge in [0.2, 0.25) is 0 Å². The van der Waals surface area contributed by atoms with E-state index in [9.17, 15) is 26.3 Å². The van der Waals surface area contributed by atoms with Crippen molar-refractivity contribution in [3.8, 4) is 5.75 Å². The Morgan fingerprint density at radius 3 is 1.74 bits per heavy atom. The lowest BCUT2D eigenvalue weighted by atomic mass is 10.1. The van der Waals surface area contributed by atoms with Crippen LogP contribution < -0.4 is 4.74 Å². The van der Waals surface area contributed by atoms with Gasteiger partial charge in [-0.15, -0.1) is 0 Å². The minimum Gasteiger partial charge on any atom is -0.488 e. The lowest BCUT2D eigenvalue weighted by Gasteiger charge is -2.17. The van der Waals surface area contributed by atoms with Crippen LogP contribution in [0.25, 0.3) is 0 Å². The van der Waals surface area contributed by atoms with Crippen molar-refractivity contribution in [1.29, 1.82) is 0 Å². The van der Waals surface area contributed by atoms with Gasteiger partial charge in [0.05, 0.1) is 17.7 Å². The van der Waals surface area contributed by atoms with Crippen LogP contribution in [0, 0.1) is 0 Å². The molecule has 0 aliphatic carbocycles. The number of ether oxygens (including phenoxy) is 1. The first-order valence-electron chi connectivity index (χ1n) is 5.11. The van der Waals surface area contributed by atoms with E-state index >= 15 is 0 Å². The first-order chi connectivity index (χ1) is 8.54. The molecule has 1 aromatic carbocycles. The highest BCUT2D eigenvalue weighted by Gasteiger charge is 2.37. The minimum absolute atomic E-state index is 0.0104. The van der Waals surface area contributed by atoms with Crippen LogP contribution in [0.2, 0.25) is 0 Å². The standard InChI is InChI=1S/C11H10F6O2/c1-6(5-18)19-9-3-7(10(12,13)14)2-8(4-9)11(15,16)17/h2-4,6,18H,5H2,1H3. The zero-order chi connectivity index (χ0) is 14.8. The minimum atomic E-state index is -4.91. The van der Waals surface area contributed by atoms with Gasteiger partial charge in [0, 0.05) is 0 Å². The van der Waals surface area contributed by atoms with Gasteiger partial charge in [-0.25, -0.2) is 0 Å². The van der Waals surface area contributed by atoms with Gasteiger partial charge in [0.15, 0.2) is 0 Å². The summed E-state index contributed by atoms with van der Waals surface area (Å²) in [5.74, 6) is -0.594. The Balaban J connectivity index is 3.25. The molecule has 0 radical (unpaired) electrons. The fraction of sp³-hybridized carbons (Fsp3) is 0.455. The second kappa shape index (κ2) is 5.28. The molecule has 19 heavy (non-hydrogen) atoms. The fourth-order valence-electron chi connectivity index (χ4n) is 1.26. The molecule has 0 aromatic heterocycles. The molecular weight excluding hydrogens is 278 g/mol. The summed E-state index contributed by atoms with van der Waals surface area (Å²) < 4.78 is 79.7. The number of alkyl halides is 6. The molecule has 0 fully saturated rings. The Kier molecular flexibility index (Phi) is 4.34. The van der Waals surface area contributed by atoms with Crippen LogP contribution in [0.4, 0.5) is 26.3 Å². The van der Waals surface area contributed by atoms with Crippen molar-refractivity contribution in [3.63, 3.8) is 0 Å². The smallest absolute Gasteiger partial charge is 0.416 e. The van der Waals surface area contributed by atoms with Crippen molar-refractivity contribution < 1.29 is 36.2 Å². The van der Waals surface area contributed by atoms with Crippen LogP contribution in [0.1, 0.15) is 18.1 Å². The van der Waals surface area contributed by atoms with E-state index < -0.39 is 41.9 Å². The van der Waals surface area contributed by atoms with E-state index in [2.05, 4.69) is 0 Å². The predicted octanol–water partition coefficient (Wildman–Crippen LogP) is 3.48. The largest absolute Gasteiger partial charge is 0.488 e. The molecule has 108 valence electrons. The molecule has 0 spiro atoms. The zero-order valence-electron chi connectivity index (χ0n) is 9.64. The van der Waals surface area contributed by atoms with Gasteiger partial charge < -0.3 is 9.84 Å². The zero-order valence-corrected chi connectivity index (χ0v) is 9.64. The average Bonchev–Trinajstić information content (AvgIpc) is 2.26. The molecule has 0 bridgehead atoms. The quantitative estimate of drug-likeness (QED) is 0.863. The van der Waals surface area contributed by atoms with Crippen molar-refractivity contribution in [3.05, 3.63) is 29.3 Å². The summed E-state index contributed by atoms with van der Waals surface area (Å²) in [5.41, 5.74) is -2.91. The van der Waals surface area contributed by atoms with E-state index in [1.54, 1.807) is 0 Å². The monoisotopic (exact) mass is 288 g/mol. The van der Waals surface area contributed by atoms with E-state index in [0.29, 0.717) is 12.1 Å². The molecule has 1 unspecified atom stereocenters. The fourth-order valence-corrected chi connectivity index (χ4v) is 1.26. The van der Waals surface area contributed by atoms with Gasteiger partial charge in [-0.3, -0.25) is 0 Å². The third-order valence-electron chi connectivity index (χ3n) is 2.16. The Bertz CT molecular complexity index is 406. The second-order valence-electron chi connectivity index (χ2n) is 3.85. The van der Waals surface area contributed by atoms with Gasteiger partial charge in [0.1, 0.15) is 11.9 Å². The van der Waals surface area contributed by atoms with Gasteiger partial charge in [-0.05, 0) is 25.1 Å². The maximum absolute atomic E-state index is 12.5. The van der Waals surface area contributed by atoms with Crippen molar-refractivity contribution >= 4 is 0 Å². The van der Waals surface area contributed by atoms with E-state index in [-0.39, 0.29) is 6.07 Å². The van der Waals surface area contributed by atoms with E-state index in [4.69, 9.17) is 9.84 Å². The molecule has 1 aromatic rings. The number of hydrogen-bond acceptors (Lipinski definition) is 2. The lowest BCUT2D eigenvalue weighted by Crippen LogP contribution is -2.18. The Hall–Kier alpha value is -1.44. The summed E-state index contributed by atoms with van der Waals surface area (Å²) in [6, 6.07) is 0.930. The number of hydrogen-bond donors (Lipinski definition) is 1. The third-order valence-corrected chi connectivity index (χ3v) is 2.16. The van der Waals surface area contributed by atoms with Crippen LogP contribution in [0.15, 0.2) is 18.2 Å². The van der Waals surface area contributed by atoms with Crippen LogP contribution in [-0.4, -0.2) is 17.8 Å². The number of aliphatic hydroxyl groups excluding tert-OH is 1. The summed E-state index contributed by atoms with van der Waals surface area (Å²) >= 11 is 0. The van der Waals surface area contributed by atoms with Gasteiger partial charge in [-0.1, -0.05) is 0 Å². The van der Waals surface area contributed by atoms with E-state index in [0.717, 1.165) is 0 Å².